The molecule has 0 atom stereocenters. The lowest BCUT2D eigenvalue weighted by atomic mass is 10.1. The number of hydrogen-bond acceptors (Lipinski definition) is 2. The van der Waals surface area contributed by atoms with Crippen LogP contribution in [0.1, 0.15) is 11.4 Å². The van der Waals surface area contributed by atoms with E-state index in [0.29, 0.717) is 6.42 Å². The largest absolute Gasteiger partial charge is 0.398 e. The molecule has 1 aromatic heterocycles. The smallest absolute Gasteiger partial charge is 0.125 e. The number of halogens is 1. The molecule has 0 radical (unpaired) electrons. The number of hydrogen-bond donors (Lipinski definition) is 1. The molecule has 0 unspecified atom stereocenters. The Balaban J connectivity index is 2.07. The van der Waals surface area contributed by atoms with E-state index >= 15 is 0 Å². The van der Waals surface area contributed by atoms with Crippen molar-refractivity contribution >= 4 is 16.7 Å². The molecule has 0 aliphatic carbocycles. The fraction of sp³-hybridized carbons (Fsp3) is 0.133. The first-order valence-electron chi connectivity index (χ1n) is 6.09. The van der Waals surface area contributed by atoms with Gasteiger partial charge in [0.2, 0.25) is 0 Å². The van der Waals surface area contributed by atoms with Crippen LogP contribution in [0.3, 0.4) is 0 Å². The molecule has 3 rings (SSSR count). The van der Waals surface area contributed by atoms with Gasteiger partial charge in [-0.1, -0.05) is 18.2 Å². The second-order valence-electron chi connectivity index (χ2n) is 4.60. The first-order chi connectivity index (χ1) is 9.15. The summed E-state index contributed by atoms with van der Waals surface area (Å²) >= 11 is 0. The number of aryl methyl sites for hydroxylation is 1. The van der Waals surface area contributed by atoms with Gasteiger partial charge in [0.25, 0.3) is 0 Å². The van der Waals surface area contributed by atoms with Crippen molar-refractivity contribution in [1.82, 2.24) is 9.55 Å². The molecule has 0 aliphatic heterocycles. The van der Waals surface area contributed by atoms with Crippen molar-refractivity contribution in [3.05, 3.63) is 59.7 Å². The van der Waals surface area contributed by atoms with Gasteiger partial charge in [-0.15, -0.1) is 0 Å². The fourth-order valence-corrected chi connectivity index (χ4v) is 2.24. The molecule has 0 amide bonds. The number of para-hydroxylation sites is 1. The summed E-state index contributed by atoms with van der Waals surface area (Å²) in [5.41, 5.74) is 9.31. The zero-order valence-corrected chi connectivity index (χ0v) is 10.6. The summed E-state index contributed by atoms with van der Waals surface area (Å²) in [5.74, 6) is 0.625. The molecule has 4 heteroatoms. The maximum atomic E-state index is 13.3. The van der Waals surface area contributed by atoms with Gasteiger partial charge in [0, 0.05) is 19.2 Å². The summed E-state index contributed by atoms with van der Waals surface area (Å²) in [6.07, 6.45) is 0.638. The Morgan fingerprint density at radius 2 is 2.00 bits per heavy atom. The number of fused-ring (bicyclic) bond motifs is 1. The van der Waals surface area contributed by atoms with E-state index in [9.17, 15) is 4.39 Å². The number of imidazole rings is 1. The topological polar surface area (TPSA) is 43.8 Å². The highest BCUT2D eigenvalue weighted by Crippen LogP contribution is 2.20. The second-order valence-corrected chi connectivity index (χ2v) is 4.60. The van der Waals surface area contributed by atoms with Gasteiger partial charge in [-0.2, -0.15) is 0 Å². The highest BCUT2D eigenvalue weighted by Gasteiger charge is 2.10. The molecule has 0 bridgehead atoms. The summed E-state index contributed by atoms with van der Waals surface area (Å²) in [5, 5.41) is 0. The lowest BCUT2D eigenvalue weighted by molar-refractivity contribution is 0.628. The van der Waals surface area contributed by atoms with E-state index in [1.54, 1.807) is 6.07 Å². The van der Waals surface area contributed by atoms with Crippen LogP contribution >= 0.6 is 0 Å². The van der Waals surface area contributed by atoms with Crippen LogP contribution in [0.4, 0.5) is 10.1 Å². The number of benzene rings is 2. The SMILES string of the molecule is Cn1c(Cc2ccccc2N)nc2ccc(F)cc21. The van der Waals surface area contributed by atoms with E-state index in [0.717, 1.165) is 28.1 Å². The summed E-state index contributed by atoms with van der Waals surface area (Å²) in [4.78, 5) is 4.53. The number of aromatic nitrogens is 2. The third kappa shape index (κ3) is 2.05. The van der Waals surface area contributed by atoms with Crippen molar-refractivity contribution in [2.45, 2.75) is 6.42 Å². The Kier molecular flexibility index (Phi) is 2.71. The predicted octanol–water partition coefficient (Wildman–Crippen LogP) is 2.89. The van der Waals surface area contributed by atoms with Crippen molar-refractivity contribution in [1.29, 1.82) is 0 Å². The Morgan fingerprint density at radius 1 is 1.21 bits per heavy atom. The zero-order chi connectivity index (χ0) is 13.4. The standard InChI is InChI=1S/C15H14FN3/c1-19-14-9-11(16)6-7-13(14)18-15(19)8-10-4-2-3-5-12(10)17/h2-7,9H,8,17H2,1H3. The molecule has 3 aromatic rings. The zero-order valence-electron chi connectivity index (χ0n) is 10.6. The van der Waals surface area contributed by atoms with E-state index in [1.807, 2.05) is 35.9 Å². The van der Waals surface area contributed by atoms with Crippen LogP contribution < -0.4 is 5.73 Å². The number of anilines is 1. The van der Waals surface area contributed by atoms with Crippen LogP contribution in [0, 0.1) is 5.82 Å². The molecule has 0 saturated heterocycles. The molecular weight excluding hydrogens is 241 g/mol. The van der Waals surface area contributed by atoms with E-state index < -0.39 is 0 Å². The Morgan fingerprint density at radius 3 is 2.79 bits per heavy atom. The normalized spacial score (nSPS) is 11.1. The van der Waals surface area contributed by atoms with Crippen molar-refractivity contribution in [3.63, 3.8) is 0 Å². The Bertz CT molecular complexity index is 746. The lowest BCUT2D eigenvalue weighted by Crippen LogP contribution is -2.01. The van der Waals surface area contributed by atoms with Crippen LogP contribution in [0.25, 0.3) is 11.0 Å². The molecule has 0 fully saturated rings. The van der Waals surface area contributed by atoms with E-state index in [4.69, 9.17) is 5.73 Å². The molecule has 19 heavy (non-hydrogen) atoms. The maximum Gasteiger partial charge on any atom is 0.125 e. The highest BCUT2D eigenvalue weighted by atomic mass is 19.1. The van der Waals surface area contributed by atoms with Gasteiger partial charge in [-0.3, -0.25) is 0 Å². The molecule has 2 aromatic carbocycles. The minimum Gasteiger partial charge on any atom is -0.398 e. The minimum atomic E-state index is -0.249. The van der Waals surface area contributed by atoms with Gasteiger partial charge in [-0.05, 0) is 29.8 Å². The fourth-order valence-electron chi connectivity index (χ4n) is 2.24. The molecule has 0 spiro atoms. The van der Waals surface area contributed by atoms with Gasteiger partial charge in [0.1, 0.15) is 11.6 Å². The van der Waals surface area contributed by atoms with Crippen molar-refractivity contribution < 1.29 is 4.39 Å². The van der Waals surface area contributed by atoms with Gasteiger partial charge in [0.15, 0.2) is 0 Å². The van der Waals surface area contributed by atoms with Crippen LogP contribution in [0.2, 0.25) is 0 Å². The number of rotatable bonds is 2. The second kappa shape index (κ2) is 4.39. The minimum absolute atomic E-state index is 0.249. The first kappa shape index (κ1) is 11.7. The first-order valence-corrected chi connectivity index (χ1v) is 6.09. The van der Waals surface area contributed by atoms with Gasteiger partial charge in [0.05, 0.1) is 11.0 Å². The van der Waals surface area contributed by atoms with Gasteiger partial charge < -0.3 is 10.3 Å². The number of nitrogen functional groups attached to an aromatic ring is 1. The van der Waals surface area contributed by atoms with Crippen LogP contribution in [-0.2, 0) is 13.5 Å². The third-order valence-electron chi connectivity index (χ3n) is 3.34. The van der Waals surface area contributed by atoms with Gasteiger partial charge >= 0.3 is 0 Å². The summed E-state index contributed by atoms with van der Waals surface area (Å²) in [6.45, 7) is 0. The van der Waals surface area contributed by atoms with Gasteiger partial charge in [-0.25, -0.2) is 9.37 Å². The Hall–Kier alpha value is -2.36. The lowest BCUT2D eigenvalue weighted by Gasteiger charge is -2.05. The average molecular weight is 255 g/mol. The van der Waals surface area contributed by atoms with E-state index in [2.05, 4.69) is 4.98 Å². The quantitative estimate of drug-likeness (QED) is 0.715. The summed E-state index contributed by atoms with van der Waals surface area (Å²) in [6, 6.07) is 12.3. The van der Waals surface area contributed by atoms with Crippen molar-refractivity contribution in [2.75, 3.05) is 5.73 Å². The maximum absolute atomic E-state index is 13.3. The van der Waals surface area contributed by atoms with Crippen LogP contribution in [0.5, 0.6) is 0 Å². The van der Waals surface area contributed by atoms with E-state index in [-0.39, 0.29) is 5.82 Å². The molecule has 96 valence electrons. The van der Waals surface area contributed by atoms with E-state index in [1.165, 1.54) is 12.1 Å². The number of nitrogens with two attached hydrogens (primary N) is 1. The monoisotopic (exact) mass is 255 g/mol. The number of nitrogens with zero attached hydrogens (tertiary/aromatic N) is 2. The van der Waals surface area contributed by atoms with Crippen molar-refractivity contribution in [2.24, 2.45) is 7.05 Å². The average Bonchev–Trinajstić information content (AvgIpc) is 2.70. The summed E-state index contributed by atoms with van der Waals surface area (Å²) < 4.78 is 15.2. The summed E-state index contributed by atoms with van der Waals surface area (Å²) in [7, 11) is 1.89. The molecular formula is C15H14FN3. The highest BCUT2D eigenvalue weighted by molar-refractivity contribution is 5.76. The molecule has 1 heterocycles. The molecule has 0 aliphatic rings. The molecule has 2 N–H and O–H groups in total. The molecule has 3 nitrogen and oxygen atoms in total. The third-order valence-corrected chi connectivity index (χ3v) is 3.34. The van der Waals surface area contributed by atoms with Crippen molar-refractivity contribution in [3.8, 4) is 0 Å². The predicted molar refractivity (Wildman–Crippen MR) is 74.3 cm³/mol. The molecule has 0 saturated carbocycles. The Labute approximate surface area is 110 Å². The van der Waals surface area contributed by atoms with Crippen LogP contribution in [-0.4, -0.2) is 9.55 Å². The van der Waals surface area contributed by atoms with Crippen LogP contribution in [0.15, 0.2) is 42.5 Å².